The van der Waals surface area contributed by atoms with Gasteiger partial charge in [0, 0.05) is 17.3 Å². The van der Waals surface area contributed by atoms with Crippen molar-refractivity contribution >= 4 is 49.7 Å². The van der Waals surface area contributed by atoms with Crippen LogP contribution in [-0.4, -0.2) is 41.9 Å². The molecule has 0 aromatic heterocycles. The van der Waals surface area contributed by atoms with E-state index in [0.29, 0.717) is 25.9 Å². The lowest BCUT2D eigenvalue weighted by atomic mass is 10.1. The van der Waals surface area contributed by atoms with Crippen LogP contribution in [0.2, 0.25) is 0 Å². The van der Waals surface area contributed by atoms with Gasteiger partial charge in [0.1, 0.15) is 18.1 Å². The van der Waals surface area contributed by atoms with E-state index >= 15 is 0 Å². The monoisotopic (exact) mass is 401 g/mol. The van der Waals surface area contributed by atoms with Crippen LogP contribution in [-0.2, 0) is 4.79 Å². The van der Waals surface area contributed by atoms with Crippen LogP contribution in [0.1, 0.15) is 0 Å². The second-order valence-electron chi connectivity index (χ2n) is 4.70. The van der Waals surface area contributed by atoms with E-state index in [4.69, 9.17) is 9.84 Å². The summed E-state index contributed by atoms with van der Waals surface area (Å²) < 4.78 is 19.6. The van der Waals surface area contributed by atoms with Crippen molar-refractivity contribution in [3.63, 3.8) is 0 Å². The molecule has 2 aromatic carbocycles. The smallest absolute Gasteiger partial charge is 0.323 e. The Bertz CT molecular complexity index is 784. The number of ether oxygens (including phenoxy) is 1. The van der Waals surface area contributed by atoms with Gasteiger partial charge < -0.3 is 14.7 Å². The Kier molecular flexibility index (Phi) is 5.48. The molecule has 23 heavy (non-hydrogen) atoms. The molecule has 0 spiro atoms. The van der Waals surface area contributed by atoms with Crippen LogP contribution in [0.25, 0.3) is 10.8 Å². The van der Waals surface area contributed by atoms with Crippen LogP contribution in [0, 0.1) is 5.82 Å². The van der Waals surface area contributed by atoms with Crippen molar-refractivity contribution in [1.29, 1.82) is 0 Å². The first kappa shape index (κ1) is 17.6. The Labute approximate surface area is 144 Å². The predicted molar refractivity (Wildman–Crippen MR) is 89.7 cm³/mol. The van der Waals surface area contributed by atoms with Crippen molar-refractivity contribution in [2.45, 2.75) is 4.90 Å². The predicted octanol–water partition coefficient (Wildman–Crippen LogP) is 3.98. The summed E-state index contributed by atoms with van der Waals surface area (Å²) in [5.41, 5.74) is 0. The van der Waals surface area contributed by atoms with Gasteiger partial charge in [-0.3, -0.25) is 9.59 Å². The van der Waals surface area contributed by atoms with Crippen LogP contribution in [0.5, 0.6) is 5.75 Å². The Hall–Kier alpha value is -1.80. The number of carbonyl (C=O) groups excluding carboxylic acids is 1. The zero-order valence-corrected chi connectivity index (χ0v) is 14.7. The standard InChI is InChI=1S/C15H13BrFNO4S/c1-18(7-13(19)20)15(21)23-12-6-8(17)5-10-9(12)3-4-11(22-2)14(10)16/h3-6H,7H2,1-2H3,(H,19,20). The molecule has 0 fully saturated rings. The highest BCUT2D eigenvalue weighted by atomic mass is 79.9. The van der Waals surface area contributed by atoms with Gasteiger partial charge in [-0.2, -0.15) is 0 Å². The molecule has 0 radical (unpaired) electrons. The number of fused-ring (bicyclic) bond motifs is 1. The molecule has 0 saturated heterocycles. The van der Waals surface area contributed by atoms with Gasteiger partial charge in [0.2, 0.25) is 0 Å². The number of aliphatic carboxylic acids is 1. The van der Waals surface area contributed by atoms with Crippen LogP contribution in [0.4, 0.5) is 9.18 Å². The number of nitrogens with zero attached hydrogens (tertiary/aromatic N) is 1. The fourth-order valence-electron chi connectivity index (χ4n) is 1.99. The molecule has 2 aromatic rings. The number of carboxylic acid groups (broad SMARTS) is 1. The second-order valence-corrected chi connectivity index (χ2v) is 6.48. The summed E-state index contributed by atoms with van der Waals surface area (Å²) in [4.78, 5) is 24.2. The van der Waals surface area contributed by atoms with Gasteiger partial charge in [-0.1, -0.05) is 0 Å². The largest absolute Gasteiger partial charge is 0.496 e. The van der Waals surface area contributed by atoms with E-state index in [1.54, 1.807) is 12.1 Å². The normalized spacial score (nSPS) is 10.6. The van der Waals surface area contributed by atoms with E-state index in [1.807, 2.05) is 0 Å². The maximum atomic E-state index is 13.9. The Morgan fingerprint density at radius 3 is 2.65 bits per heavy atom. The summed E-state index contributed by atoms with van der Waals surface area (Å²) in [6, 6.07) is 6.03. The topological polar surface area (TPSA) is 66.8 Å². The minimum absolute atomic E-state index is 0.408. The summed E-state index contributed by atoms with van der Waals surface area (Å²) in [5, 5.41) is 9.48. The van der Waals surface area contributed by atoms with E-state index in [2.05, 4.69) is 15.9 Å². The maximum absolute atomic E-state index is 13.9. The van der Waals surface area contributed by atoms with Crippen molar-refractivity contribution in [2.24, 2.45) is 0 Å². The molecule has 0 bridgehead atoms. The first-order chi connectivity index (χ1) is 10.8. The molecule has 0 heterocycles. The summed E-state index contributed by atoms with van der Waals surface area (Å²) in [7, 11) is 2.88. The fourth-order valence-corrected chi connectivity index (χ4v) is 3.48. The summed E-state index contributed by atoms with van der Waals surface area (Å²) in [6.07, 6.45) is 0. The van der Waals surface area contributed by atoms with Gasteiger partial charge in [0.05, 0.1) is 11.6 Å². The lowest BCUT2D eigenvalue weighted by molar-refractivity contribution is -0.137. The van der Waals surface area contributed by atoms with E-state index in [0.717, 1.165) is 16.7 Å². The summed E-state index contributed by atoms with van der Waals surface area (Å²) >= 11 is 4.15. The van der Waals surface area contributed by atoms with Crippen LogP contribution >= 0.6 is 27.7 Å². The average molecular weight is 402 g/mol. The first-order valence-electron chi connectivity index (χ1n) is 6.44. The number of hydrogen-bond donors (Lipinski definition) is 1. The number of methoxy groups -OCH3 is 1. The number of hydrogen-bond acceptors (Lipinski definition) is 4. The molecule has 1 N–H and O–H groups in total. The highest BCUT2D eigenvalue weighted by Crippen LogP contribution is 2.38. The van der Waals surface area contributed by atoms with E-state index in [1.165, 1.54) is 26.3 Å². The minimum Gasteiger partial charge on any atom is -0.496 e. The number of carboxylic acids is 1. The molecule has 0 aliphatic carbocycles. The van der Waals surface area contributed by atoms with Crippen molar-refractivity contribution < 1.29 is 23.8 Å². The molecule has 0 aliphatic rings. The van der Waals surface area contributed by atoms with E-state index in [9.17, 15) is 14.0 Å². The minimum atomic E-state index is -1.11. The molecule has 5 nitrogen and oxygen atoms in total. The molecule has 0 atom stereocenters. The van der Waals surface area contributed by atoms with Crippen LogP contribution in [0.15, 0.2) is 33.6 Å². The third-order valence-corrected chi connectivity index (χ3v) is 4.92. The van der Waals surface area contributed by atoms with Crippen LogP contribution < -0.4 is 4.74 Å². The lowest BCUT2D eigenvalue weighted by Gasteiger charge is -2.15. The summed E-state index contributed by atoms with van der Waals surface area (Å²) in [5.74, 6) is -1.06. The second kappa shape index (κ2) is 7.18. The summed E-state index contributed by atoms with van der Waals surface area (Å²) in [6.45, 7) is -0.420. The quantitative estimate of drug-likeness (QED) is 0.784. The van der Waals surface area contributed by atoms with Crippen molar-refractivity contribution in [1.82, 2.24) is 4.90 Å². The van der Waals surface area contributed by atoms with Crippen molar-refractivity contribution in [3.05, 3.63) is 34.6 Å². The number of carbonyl (C=O) groups is 2. The van der Waals surface area contributed by atoms with Gasteiger partial charge in [0.15, 0.2) is 0 Å². The lowest BCUT2D eigenvalue weighted by Crippen LogP contribution is -2.28. The van der Waals surface area contributed by atoms with E-state index < -0.39 is 23.6 Å². The zero-order valence-electron chi connectivity index (χ0n) is 12.3. The van der Waals surface area contributed by atoms with Crippen LogP contribution in [0.3, 0.4) is 0 Å². The average Bonchev–Trinajstić information content (AvgIpc) is 2.47. The molecule has 0 unspecified atom stereocenters. The number of benzene rings is 2. The van der Waals surface area contributed by atoms with Gasteiger partial charge in [-0.15, -0.1) is 0 Å². The number of amides is 1. The van der Waals surface area contributed by atoms with E-state index in [-0.39, 0.29) is 0 Å². The molecule has 2 rings (SSSR count). The number of likely N-dealkylation sites (N-methyl/N-ethyl adjacent to an activating group) is 1. The molecular formula is C15H13BrFNO4S. The molecule has 122 valence electrons. The van der Waals surface area contributed by atoms with Gasteiger partial charge in [-0.25, -0.2) is 4.39 Å². The number of rotatable bonds is 4. The third kappa shape index (κ3) is 3.94. The molecular weight excluding hydrogens is 389 g/mol. The number of thioether (sulfide) groups is 1. The SMILES string of the molecule is COc1ccc2c(SC(=O)N(C)CC(=O)O)cc(F)cc2c1Br. The Morgan fingerprint density at radius 2 is 2.04 bits per heavy atom. The highest BCUT2D eigenvalue weighted by molar-refractivity contribution is 9.10. The maximum Gasteiger partial charge on any atom is 0.323 e. The molecule has 0 aliphatic heterocycles. The molecule has 1 amide bonds. The fraction of sp³-hybridized carbons (Fsp3) is 0.200. The van der Waals surface area contributed by atoms with Gasteiger partial charge >= 0.3 is 5.97 Å². The van der Waals surface area contributed by atoms with Crippen molar-refractivity contribution in [2.75, 3.05) is 20.7 Å². The molecule has 0 saturated carbocycles. The highest BCUT2D eigenvalue weighted by Gasteiger charge is 2.17. The molecule has 8 heteroatoms. The van der Waals surface area contributed by atoms with Gasteiger partial charge in [-0.05, 0) is 57.3 Å². The Morgan fingerprint density at radius 1 is 1.35 bits per heavy atom. The zero-order chi connectivity index (χ0) is 17.1. The van der Waals surface area contributed by atoms with Gasteiger partial charge in [0.25, 0.3) is 5.24 Å². The third-order valence-electron chi connectivity index (χ3n) is 3.06. The van der Waals surface area contributed by atoms with Crippen molar-refractivity contribution in [3.8, 4) is 5.75 Å². The first-order valence-corrected chi connectivity index (χ1v) is 8.05. The Balaban J connectivity index is 2.43. The number of halogens is 2.